The molecule has 0 aliphatic carbocycles. The van der Waals surface area contributed by atoms with Gasteiger partial charge >= 0.3 is 0 Å². The third-order valence-electron chi connectivity index (χ3n) is 3.26. The summed E-state index contributed by atoms with van der Waals surface area (Å²) in [5.41, 5.74) is 7.58. The zero-order valence-electron chi connectivity index (χ0n) is 11.6. The van der Waals surface area contributed by atoms with E-state index in [9.17, 15) is 4.79 Å². The Kier molecular flexibility index (Phi) is 3.90. The molecule has 1 aromatic heterocycles. The van der Waals surface area contributed by atoms with Crippen molar-refractivity contribution < 1.29 is 9.21 Å². The van der Waals surface area contributed by atoms with Crippen LogP contribution in [0.3, 0.4) is 0 Å². The predicted molar refractivity (Wildman–Crippen MR) is 75.7 cm³/mol. The fourth-order valence-electron chi connectivity index (χ4n) is 2.27. The van der Waals surface area contributed by atoms with Gasteiger partial charge in [0.15, 0.2) is 0 Å². The molecule has 2 aromatic rings. The Morgan fingerprint density at radius 3 is 2.74 bits per heavy atom. The summed E-state index contributed by atoms with van der Waals surface area (Å²) in [7, 11) is 1.77. The van der Waals surface area contributed by atoms with Crippen LogP contribution in [0.5, 0.6) is 0 Å². The molecule has 4 heteroatoms. The molecule has 0 spiro atoms. The van der Waals surface area contributed by atoms with Gasteiger partial charge in [-0.2, -0.15) is 0 Å². The van der Waals surface area contributed by atoms with Crippen molar-refractivity contribution in [1.29, 1.82) is 0 Å². The molecule has 1 heterocycles. The van der Waals surface area contributed by atoms with Gasteiger partial charge in [0.2, 0.25) is 5.91 Å². The summed E-state index contributed by atoms with van der Waals surface area (Å²) in [5.74, 6) is 0.873. The Bertz CT molecular complexity index is 587. The van der Waals surface area contributed by atoms with Crippen LogP contribution in [0, 0.1) is 0 Å². The molecule has 0 bridgehead atoms. The fraction of sp³-hybridized carbons (Fsp3) is 0.400. The third kappa shape index (κ3) is 2.63. The molecular formula is C15H20N2O2. The second-order valence-corrected chi connectivity index (χ2v) is 4.84. The van der Waals surface area contributed by atoms with E-state index in [0.717, 1.165) is 28.7 Å². The van der Waals surface area contributed by atoms with Gasteiger partial charge in [-0.15, -0.1) is 0 Å². The number of para-hydroxylation sites is 1. The highest BCUT2D eigenvalue weighted by atomic mass is 16.3. The van der Waals surface area contributed by atoms with Gasteiger partial charge in [-0.3, -0.25) is 4.79 Å². The van der Waals surface area contributed by atoms with Crippen molar-refractivity contribution in [2.24, 2.45) is 5.73 Å². The summed E-state index contributed by atoms with van der Waals surface area (Å²) in [6.45, 7) is 4.28. The first kappa shape index (κ1) is 13.6. The smallest absolute Gasteiger partial charge is 0.239 e. The van der Waals surface area contributed by atoms with Crippen LogP contribution in [0.2, 0.25) is 0 Å². The van der Waals surface area contributed by atoms with E-state index in [-0.39, 0.29) is 5.91 Å². The number of furan rings is 1. The highest BCUT2D eigenvalue weighted by Gasteiger charge is 2.18. The maximum absolute atomic E-state index is 11.9. The summed E-state index contributed by atoms with van der Waals surface area (Å²) in [6, 6.07) is 7.43. The molecule has 0 unspecified atom stereocenters. The molecule has 0 aliphatic heterocycles. The van der Waals surface area contributed by atoms with Gasteiger partial charge in [0, 0.05) is 31.0 Å². The molecule has 0 radical (unpaired) electrons. The van der Waals surface area contributed by atoms with Gasteiger partial charge in [0.05, 0.1) is 6.04 Å². The van der Waals surface area contributed by atoms with Crippen LogP contribution < -0.4 is 5.73 Å². The molecule has 0 saturated carbocycles. The molecule has 4 nitrogen and oxygen atoms in total. The molecule has 1 atom stereocenters. The zero-order chi connectivity index (χ0) is 14.0. The lowest BCUT2D eigenvalue weighted by Gasteiger charge is -2.19. The lowest BCUT2D eigenvalue weighted by molar-refractivity contribution is -0.131. The van der Waals surface area contributed by atoms with Crippen LogP contribution in [0.1, 0.15) is 25.2 Å². The maximum atomic E-state index is 11.9. The van der Waals surface area contributed by atoms with Gasteiger partial charge in [0.1, 0.15) is 11.3 Å². The van der Waals surface area contributed by atoms with Crippen molar-refractivity contribution >= 4 is 16.9 Å². The number of hydrogen-bond donors (Lipinski definition) is 1. The van der Waals surface area contributed by atoms with E-state index < -0.39 is 6.04 Å². The quantitative estimate of drug-likeness (QED) is 0.917. The second-order valence-electron chi connectivity index (χ2n) is 4.84. The van der Waals surface area contributed by atoms with Gasteiger partial charge in [-0.25, -0.2) is 0 Å². The Morgan fingerprint density at radius 1 is 1.42 bits per heavy atom. The van der Waals surface area contributed by atoms with Crippen LogP contribution in [-0.4, -0.2) is 23.9 Å². The number of carbonyl (C=O) groups excluding carboxylic acids is 1. The molecule has 1 amide bonds. The molecule has 1 aromatic carbocycles. The second kappa shape index (κ2) is 5.45. The van der Waals surface area contributed by atoms with E-state index in [1.165, 1.54) is 0 Å². The van der Waals surface area contributed by atoms with Crippen molar-refractivity contribution in [2.75, 3.05) is 7.05 Å². The van der Waals surface area contributed by atoms with Gasteiger partial charge < -0.3 is 15.1 Å². The van der Waals surface area contributed by atoms with Gasteiger partial charge in [0.25, 0.3) is 0 Å². The van der Waals surface area contributed by atoms with Crippen molar-refractivity contribution in [3.05, 3.63) is 35.6 Å². The number of fused-ring (bicyclic) bond motifs is 1. The Hall–Kier alpha value is -1.81. The van der Waals surface area contributed by atoms with E-state index in [1.807, 2.05) is 24.3 Å². The standard InChI is InChI=1S/C15H20N2O2/c1-4-13-12(9-17(3)15(18)10(2)16)11-7-5-6-8-14(11)19-13/h5-8,10H,4,9,16H2,1-3H3/t10-/m0/s1. The highest BCUT2D eigenvalue weighted by Crippen LogP contribution is 2.27. The lowest BCUT2D eigenvalue weighted by atomic mass is 10.1. The van der Waals surface area contributed by atoms with E-state index in [1.54, 1.807) is 18.9 Å². The maximum Gasteiger partial charge on any atom is 0.239 e. The first-order valence-electron chi connectivity index (χ1n) is 6.54. The van der Waals surface area contributed by atoms with Gasteiger partial charge in [-0.1, -0.05) is 25.1 Å². The van der Waals surface area contributed by atoms with Crippen LogP contribution >= 0.6 is 0 Å². The average molecular weight is 260 g/mol. The topological polar surface area (TPSA) is 59.5 Å². The third-order valence-corrected chi connectivity index (χ3v) is 3.26. The first-order chi connectivity index (χ1) is 9.04. The molecule has 0 aliphatic rings. The molecule has 2 N–H and O–H groups in total. The monoisotopic (exact) mass is 260 g/mol. The van der Waals surface area contributed by atoms with Crippen LogP contribution in [0.15, 0.2) is 28.7 Å². The number of rotatable bonds is 4. The fourth-order valence-corrected chi connectivity index (χ4v) is 2.27. The molecule has 102 valence electrons. The van der Waals surface area contributed by atoms with Crippen LogP contribution in [0.4, 0.5) is 0 Å². The van der Waals surface area contributed by atoms with Crippen LogP contribution in [-0.2, 0) is 17.8 Å². The van der Waals surface area contributed by atoms with E-state index in [2.05, 4.69) is 6.92 Å². The SMILES string of the molecule is CCc1oc2ccccc2c1CN(C)C(=O)[C@H](C)N. The molecule has 0 saturated heterocycles. The van der Waals surface area contributed by atoms with Crippen molar-refractivity contribution in [1.82, 2.24) is 4.90 Å². The van der Waals surface area contributed by atoms with Crippen LogP contribution in [0.25, 0.3) is 11.0 Å². The van der Waals surface area contributed by atoms with Gasteiger partial charge in [-0.05, 0) is 13.0 Å². The number of nitrogens with zero attached hydrogens (tertiary/aromatic N) is 1. The molecule has 19 heavy (non-hydrogen) atoms. The number of amides is 1. The minimum absolute atomic E-state index is 0.0627. The van der Waals surface area contributed by atoms with E-state index in [0.29, 0.717) is 6.54 Å². The van der Waals surface area contributed by atoms with E-state index >= 15 is 0 Å². The number of carbonyl (C=O) groups is 1. The van der Waals surface area contributed by atoms with E-state index in [4.69, 9.17) is 10.2 Å². The highest BCUT2D eigenvalue weighted by molar-refractivity contribution is 5.84. The number of hydrogen-bond acceptors (Lipinski definition) is 3. The number of nitrogens with two attached hydrogens (primary N) is 1. The predicted octanol–water partition coefficient (Wildman–Crippen LogP) is 2.30. The first-order valence-corrected chi connectivity index (χ1v) is 6.54. The summed E-state index contributed by atoms with van der Waals surface area (Å²) < 4.78 is 5.82. The van der Waals surface area contributed by atoms with Crippen molar-refractivity contribution in [2.45, 2.75) is 32.9 Å². The Labute approximate surface area is 113 Å². The summed E-state index contributed by atoms with van der Waals surface area (Å²) >= 11 is 0. The molecule has 0 fully saturated rings. The zero-order valence-corrected chi connectivity index (χ0v) is 11.6. The Morgan fingerprint density at radius 2 is 2.11 bits per heavy atom. The minimum atomic E-state index is -0.478. The molecule has 2 rings (SSSR count). The lowest BCUT2D eigenvalue weighted by Crippen LogP contribution is -2.39. The Balaban J connectivity index is 2.36. The van der Waals surface area contributed by atoms with Crippen molar-refractivity contribution in [3.8, 4) is 0 Å². The number of likely N-dealkylation sites (N-methyl/N-ethyl adjacent to an activating group) is 1. The number of aryl methyl sites for hydroxylation is 1. The minimum Gasteiger partial charge on any atom is -0.461 e. The summed E-state index contributed by atoms with van der Waals surface area (Å²) in [4.78, 5) is 13.5. The largest absolute Gasteiger partial charge is 0.461 e. The normalized spacial score (nSPS) is 12.6. The molecular weight excluding hydrogens is 240 g/mol. The summed E-state index contributed by atoms with van der Waals surface area (Å²) in [6.07, 6.45) is 0.810. The summed E-state index contributed by atoms with van der Waals surface area (Å²) in [5, 5.41) is 1.07. The average Bonchev–Trinajstić information content (AvgIpc) is 2.76. The van der Waals surface area contributed by atoms with Crippen molar-refractivity contribution in [3.63, 3.8) is 0 Å². The number of benzene rings is 1.